The highest BCUT2D eigenvalue weighted by Crippen LogP contribution is 2.35. The second-order valence-electron chi connectivity index (χ2n) is 7.19. The van der Waals surface area contributed by atoms with Crippen molar-refractivity contribution in [3.05, 3.63) is 81.8 Å². The third kappa shape index (κ3) is 4.61. The molecule has 0 fully saturated rings. The SMILES string of the molecule is O=C(OC(=O)c1cc(S(=O)(=O)O)c(Cl)c2ccccc12)c1cc(S(=O)(=O)O)c(Cl)c2ccccc12. The molecule has 4 aromatic carbocycles. The summed E-state index contributed by atoms with van der Waals surface area (Å²) in [4.78, 5) is 24.4. The minimum absolute atomic E-state index is 0.0919. The molecule has 0 aliphatic heterocycles. The van der Waals surface area contributed by atoms with Gasteiger partial charge in [0.1, 0.15) is 9.79 Å². The number of halogens is 2. The fourth-order valence-corrected chi connectivity index (χ4v) is 5.77. The topological polar surface area (TPSA) is 152 Å². The molecule has 4 aromatic rings. The molecule has 0 aliphatic carbocycles. The van der Waals surface area contributed by atoms with Gasteiger partial charge >= 0.3 is 11.9 Å². The van der Waals surface area contributed by atoms with Gasteiger partial charge in [0.15, 0.2) is 0 Å². The largest absolute Gasteiger partial charge is 0.386 e. The molecule has 0 unspecified atom stereocenters. The van der Waals surface area contributed by atoms with Crippen LogP contribution >= 0.6 is 23.2 Å². The number of benzene rings is 4. The molecule has 0 saturated carbocycles. The van der Waals surface area contributed by atoms with E-state index in [1.54, 1.807) is 0 Å². The van der Waals surface area contributed by atoms with Crippen molar-refractivity contribution in [1.29, 1.82) is 0 Å². The lowest BCUT2D eigenvalue weighted by atomic mass is 10.0. The Kier molecular flexibility index (Phi) is 6.34. The molecule has 2 N–H and O–H groups in total. The molecule has 0 atom stereocenters. The second kappa shape index (κ2) is 8.86. The number of ether oxygens (including phenoxy) is 1. The summed E-state index contributed by atoms with van der Waals surface area (Å²) in [6.07, 6.45) is 0. The third-order valence-electron chi connectivity index (χ3n) is 5.07. The average molecular weight is 555 g/mol. The molecular weight excluding hydrogens is 543 g/mol. The van der Waals surface area contributed by atoms with Gasteiger partial charge in [-0.2, -0.15) is 16.8 Å². The van der Waals surface area contributed by atoms with Crippen LogP contribution in [0.15, 0.2) is 70.5 Å². The Hall–Kier alpha value is -3.06. The van der Waals surface area contributed by atoms with Crippen molar-refractivity contribution in [1.82, 2.24) is 0 Å². The average Bonchev–Trinajstić information content (AvgIpc) is 2.78. The Morgan fingerprint density at radius 2 is 0.943 bits per heavy atom. The molecule has 0 radical (unpaired) electrons. The smallest absolute Gasteiger partial charge is 0.346 e. The summed E-state index contributed by atoms with van der Waals surface area (Å²) >= 11 is 12.2. The van der Waals surface area contributed by atoms with Crippen molar-refractivity contribution >= 4 is 76.9 Å². The Morgan fingerprint density at radius 3 is 1.26 bits per heavy atom. The highest BCUT2D eigenvalue weighted by molar-refractivity contribution is 7.86. The van der Waals surface area contributed by atoms with Gasteiger partial charge in [-0.1, -0.05) is 71.7 Å². The van der Waals surface area contributed by atoms with Gasteiger partial charge in [0.05, 0.1) is 21.2 Å². The van der Waals surface area contributed by atoms with Gasteiger partial charge in [-0.15, -0.1) is 0 Å². The van der Waals surface area contributed by atoms with Crippen LogP contribution in [0.4, 0.5) is 0 Å². The van der Waals surface area contributed by atoms with Gasteiger partial charge in [-0.05, 0) is 22.9 Å². The normalized spacial score (nSPS) is 12.1. The molecule has 0 amide bonds. The summed E-state index contributed by atoms with van der Waals surface area (Å²) in [6, 6.07) is 13.2. The van der Waals surface area contributed by atoms with Gasteiger partial charge in [0, 0.05) is 10.8 Å². The number of hydrogen-bond donors (Lipinski definition) is 2. The summed E-state index contributed by atoms with van der Waals surface area (Å²) in [5, 5.41) is -0.243. The summed E-state index contributed by atoms with van der Waals surface area (Å²) < 4.78 is 71.1. The zero-order valence-electron chi connectivity index (χ0n) is 17.1. The fraction of sp³-hybridized carbons (Fsp3) is 0. The van der Waals surface area contributed by atoms with Crippen molar-refractivity contribution in [2.45, 2.75) is 9.79 Å². The molecule has 4 rings (SSSR count). The maximum Gasteiger partial charge on any atom is 0.346 e. The molecule has 0 saturated heterocycles. The number of carbonyl (C=O) groups excluding carboxylic acids is 2. The molecular formula is C22H12Cl2O9S2. The second-order valence-corrected chi connectivity index (χ2v) is 10.7. The van der Waals surface area contributed by atoms with Crippen LogP contribution in [0.25, 0.3) is 21.5 Å². The fourth-order valence-electron chi connectivity index (χ4n) is 3.54. The van der Waals surface area contributed by atoms with Gasteiger partial charge in [0.2, 0.25) is 0 Å². The first-order valence-electron chi connectivity index (χ1n) is 9.44. The van der Waals surface area contributed by atoms with Crippen molar-refractivity contribution < 1.29 is 40.3 Å². The third-order valence-corrected chi connectivity index (χ3v) is 7.87. The lowest BCUT2D eigenvalue weighted by molar-refractivity contribution is 0.0400. The van der Waals surface area contributed by atoms with E-state index < -0.39 is 53.1 Å². The first-order valence-corrected chi connectivity index (χ1v) is 13.1. The van der Waals surface area contributed by atoms with Gasteiger partial charge in [-0.3, -0.25) is 9.11 Å². The zero-order valence-corrected chi connectivity index (χ0v) is 20.2. The Balaban J connectivity index is 1.87. The standard InChI is InChI=1S/C22H12Cl2O9S2/c23-19-13-7-3-1-5-11(13)15(9-17(19)34(27,28)29)21(25)33-22(26)16-10-18(35(30,31)32)20(24)14-8-4-2-6-12(14)16/h1-10H,(H,27,28,29)(H,30,31,32). The van der Waals surface area contributed by atoms with Crippen molar-refractivity contribution in [3.8, 4) is 0 Å². The predicted octanol–water partition coefficient (Wildman–Crippen LogP) is 4.79. The Morgan fingerprint density at radius 1 is 0.629 bits per heavy atom. The maximum atomic E-state index is 13.0. The zero-order chi connectivity index (χ0) is 25.7. The molecule has 9 nitrogen and oxygen atoms in total. The van der Waals surface area contributed by atoms with Crippen LogP contribution in [0.2, 0.25) is 10.0 Å². The summed E-state index contributed by atoms with van der Waals surface area (Å²) in [5.41, 5.74) is -0.807. The van der Waals surface area contributed by atoms with Crippen LogP contribution in [0.1, 0.15) is 20.7 Å². The highest BCUT2D eigenvalue weighted by Gasteiger charge is 2.27. The van der Waals surface area contributed by atoms with E-state index in [2.05, 4.69) is 0 Å². The minimum Gasteiger partial charge on any atom is -0.386 e. The van der Waals surface area contributed by atoms with Gasteiger partial charge in [0.25, 0.3) is 20.2 Å². The van der Waals surface area contributed by atoms with E-state index in [4.69, 9.17) is 27.9 Å². The van der Waals surface area contributed by atoms with E-state index in [9.17, 15) is 35.5 Å². The number of fused-ring (bicyclic) bond motifs is 2. The van der Waals surface area contributed by atoms with E-state index >= 15 is 0 Å². The Labute approximate surface area is 208 Å². The van der Waals surface area contributed by atoms with Gasteiger partial charge in [-0.25, -0.2) is 9.59 Å². The van der Waals surface area contributed by atoms with Crippen LogP contribution in [-0.2, 0) is 25.0 Å². The van der Waals surface area contributed by atoms with E-state index in [0.717, 1.165) is 12.1 Å². The Bertz CT molecular complexity index is 1650. The predicted molar refractivity (Wildman–Crippen MR) is 127 cm³/mol. The molecule has 35 heavy (non-hydrogen) atoms. The lowest BCUT2D eigenvalue weighted by Gasteiger charge is -2.13. The summed E-state index contributed by atoms with van der Waals surface area (Å²) in [7, 11) is -9.70. The molecule has 0 heterocycles. The van der Waals surface area contributed by atoms with Crippen LogP contribution < -0.4 is 0 Å². The van der Waals surface area contributed by atoms with Crippen molar-refractivity contribution in [3.63, 3.8) is 0 Å². The van der Waals surface area contributed by atoms with Crippen molar-refractivity contribution in [2.24, 2.45) is 0 Å². The summed E-state index contributed by atoms with van der Waals surface area (Å²) in [6.45, 7) is 0. The first-order chi connectivity index (χ1) is 16.3. The summed E-state index contributed by atoms with van der Waals surface area (Å²) in [5.74, 6) is -2.61. The quantitative estimate of drug-likeness (QED) is 0.206. The molecule has 0 aliphatic rings. The minimum atomic E-state index is -4.85. The van der Waals surface area contributed by atoms with Crippen molar-refractivity contribution in [2.75, 3.05) is 0 Å². The number of hydrogen-bond acceptors (Lipinski definition) is 7. The van der Waals surface area contributed by atoms with Crippen LogP contribution in [0.3, 0.4) is 0 Å². The van der Waals surface area contributed by atoms with Crippen LogP contribution in [0.5, 0.6) is 0 Å². The molecule has 180 valence electrons. The van der Waals surface area contributed by atoms with E-state index in [1.165, 1.54) is 48.5 Å². The first kappa shape index (κ1) is 25.0. The number of rotatable bonds is 4. The van der Waals surface area contributed by atoms with Crippen LogP contribution in [0, 0.1) is 0 Å². The maximum absolute atomic E-state index is 13.0. The molecule has 0 bridgehead atoms. The monoisotopic (exact) mass is 554 g/mol. The van der Waals surface area contributed by atoms with Crippen LogP contribution in [-0.4, -0.2) is 37.9 Å². The lowest BCUT2D eigenvalue weighted by Crippen LogP contribution is -2.15. The molecule has 0 aromatic heterocycles. The molecule has 13 heteroatoms. The van der Waals surface area contributed by atoms with E-state index in [-0.39, 0.29) is 31.6 Å². The highest BCUT2D eigenvalue weighted by atomic mass is 35.5. The molecule has 0 spiro atoms. The number of esters is 2. The van der Waals surface area contributed by atoms with E-state index in [1.807, 2.05) is 0 Å². The van der Waals surface area contributed by atoms with E-state index in [0.29, 0.717) is 0 Å². The van der Waals surface area contributed by atoms with Gasteiger partial charge < -0.3 is 4.74 Å². The number of carbonyl (C=O) groups is 2.